The lowest BCUT2D eigenvalue weighted by atomic mass is 10.1. The van der Waals surface area contributed by atoms with Gasteiger partial charge in [0.15, 0.2) is 5.82 Å². The fourth-order valence-corrected chi connectivity index (χ4v) is 3.23. The van der Waals surface area contributed by atoms with E-state index in [1.807, 2.05) is 6.92 Å². The van der Waals surface area contributed by atoms with E-state index in [1.54, 1.807) is 0 Å². The first-order valence-electron chi connectivity index (χ1n) is 6.52. The fourth-order valence-electron chi connectivity index (χ4n) is 3.23. The molecule has 2 atom stereocenters. The first-order valence-corrected chi connectivity index (χ1v) is 6.52. The van der Waals surface area contributed by atoms with Crippen LogP contribution in [0.5, 0.6) is 0 Å². The van der Waals surface area contributed by atoms with Crippen LogP contribution in [0.25, 0.3) is 0 Å². The third-order valence-corrected chi connectivity index (χ3v) is 4.12. The van der Waals surface area contributed by atoms with Gasteiger partial charge in [0.05, 0.1) is 0 Å². The molecule has 2 aliphatic rings. The monoisotopic (exact) mass is 249 g/mol. The van der Waals surface area contributed by atoms with Crippen molar-refractivity contribution in [3.05, 3.63) is 11.3 Å². The van der Waals surface area contributed by atoms with E-state index in [1.165, 1.54) is 19.4 Å². The number of aryl methyl sites for hydroxylation is 1. The van der Waals surface area contributed by atoms with Crippen LogP contribution >= 0.6 is 0 Å². The number of amides is 1. The number of anilines is 1. The molecule has 0 saturated carbocycles. The zero-order valence-electron chi connectivity index (χ0n) is 10.6. The Bertz CT molecular complexity index is 450. The van der Waals surface area contributed by atoms with E-state index >= 15 is 0 Å². The van der Waals surface area contributed by atoms with Gasteiger partial charge in [-0.2, -0.15) is 5.10 Å². The summed E-state index contributed by atoms with van der Waals surface area (Å²) in [6, 6.07) is 0.774. The van der Waals surface area contributed by atoms with Crippen molar-refractivity contribution in [1.29, 1.82) is 0 Å². The molecule has 0 aromatic carbocycles. The van der Waals surface area contributed by atoms with Crippen molar-refractivity contribution < 1.29 is 4.79 Å². The summed E-state index contributed by atoms with van der Waals surface area (Å²) in [4.78, 5) is 14.7. The average molecular weight is 249 g/mol. The maximum atomic E-state index is 12.2. The average Bonchev–Trinajstić information content (AvgIpc) is 2.98. The van der Waals surface area contributed by atoms with Crippen molar-refractivity contribution in [2.45, 2.75) is 38.3 Å². The van der Waals surface area contributed by atoms with Crippen LogP contribution in [-0.2, 0) is 0 Å². The molecule has 1 aromatic rings. The number of nitrogens with zero attached hydrogens (tertiary/aromatic N) is 2. The largest absolute Gasteiger partial charge is 0.382 e. The van der Waals surface area contributed by atoms with Gasteiger partial charge in [0.25, 0.3) is 5.91 Å². The van der Waals surface area contributed by atoms with Crippen LogP contribution in [0, 0.1) is 6.92 Å². The quantitative estimate of drug-likeness (QED) is 0.702. The second-order valence-corrected chi connectivity index (χ2v) is 5.22. The zero-order valence-corrected chi connectivity index (χ0v) is 10.6. The number of aromatic amines is 1. The predicted octanol–water partition coefficient (Wildman–Crippen LogP) is 0.267. The molecule has 98 valence electrons. The van der Waals surface area contributed by atoms with Gasteiger partial charge >= 0.3 is 0 Å². The van der Waals surface area contributed by atoms with Crippen LogP contribution < -0.4 is 11.1 Å². The number of nitrogen functional groups attached to an aromatic ring is 1. The number of rotatable bonds is 2. The number of hydrogen-bond acceptors (Lipinski definition) is 4. The van der Waals surface area contributed by atoms with Crippen molar-refractivity contribution >= 4 is 11.7 Å². The minimum absolute atomic E-state index is 0.0995. The molecule has 1 amide bonds. The second-order valence-electron chi connectivity index (χ2n) is 5.22. The van der Waals surface area contributed by atoms with Crippen molar-refractivity contribution in [1.82, 2.24) is 20.4 Å². The third kappa shape index (κ3) is 1.77. The molecule has 0 aliphatic carbocycles. The summed E-state index contributed by atoms with van der Waals surface area (Å²) in [6.07, 6.45) is 3.46. The summed E-state index contributed by atoms with van der Waals surface area (Å²) in [6.45, 7) is 4.08. The van der Waals surface area contributed by atoms with Gasteiger partial charge in [-0.3, -0.25) is 14.8 Å². The Morgan fingerprint density at radius 3 is 3.06 bits per heavy atom. The van der Waals surface area contributed by atoms with Gasteiger partial charge in [-0.05, 0) is 32.7 Å². The number of carbonyl (C=O) groups excluding carboxylic acids is 1. The van der Waals surface area contributed by atoms with Crippen LogP contribution in [0.1, 0.15) is 35.3 Å². The van der Waals surface area contributed by atoms with Gasteiger partial charge in [-0.1, -0.05) is 0 Å². The van der Waals surface area contributed by atoms with Crippen molar-refractivity contribution in [2.75, 3.05) is 18.8 Å². The lowest BCUT2D eigenvalue weighted by Crippen LogP contribution is -2.42. The Hall–Kier alpha value is -1.56. The highest BCUT2D eigenvalue weighted by Crippen LogP contribution is 2.28. The van der Waals surface area contributed by atoms with Gasteiger partial charge in [0.1, 0.15) is 5.56 Å². The van der Waals surface area contributed by atoms with Crippen molar-refractivity contribution in [2.24, 2.45) is 0 Å². The summed E-state index contributed by atoms with van der Waals surface area (Å²) >= 11 is 0. The van der Waals surface area contributed by atoms with Gasteiger partial charge < -0.3 is 11.1 Å². The maximum Gasteiger partial charge on any atom is 0.257 e. The summed E-state index contributed by atoms with van der Waals surface area (Å²) in [5, 5.41) is 9.72. The standard InChI is InChI=1S/C12H19N5O/c1-7-10(11(13)16-15-7)12(18)14-8-4-6-17-5-2-3-9(8)17/h8-9H,2-6H2,1H3,(H,14,18)(H3,13,15,16). The molecule has 0 spiro atoms. The Morgan fingerprint density at radius 2 is 2.33 bits per heavy atom. The minimum Gasteiger partial charge on any atom is -0.382 e. The maximum absolute atomic E-state index is 12.2. The van der Waals surface area contributed by atoms with Crippen LogP contribution in [0.2, 0.25) is 0 Å². The molecular weight excluding hydrogens is 230 g/mol. The molecule has 2 saturated heterocycles. The highest BCUT2D eigenvalue weighted by molar-refractivity contribution is 5.99. The smallest absolute Gasteiger partial charge is 0.257 e. The Kier molecular flexibility index (Phi) is 2.74. The van der Waals surface area contributed by atoms with Crippen molar-refractivity contribution in [3.8, 4) is 0 Å². The van der Waals surface area contributed by atoms with Crippen LogP contribution in [0.4, 0.5) is 5.82 Å². The third-order valence-electron chi connectivity index (χ3n) is 4.12. The first-order chi connectivity index (χ1) is 8.66. The van der Waals surface area contributed by atoms with Crippen LogP contribution in [-0.4, -0.2) is 46.2 Å². The zero-order chi connectivity index (χ0) is 12.7. The Morgan fingerprint density at radius 1 is 1.50 bits per heavy atom. The van der Waals surface area contributed by atoms with E-state index in [2.05, 4.69) is 20.4 Å². The molecule has 3 rings (SSSR count). The van der Waals surface area contributed by atoms with E-state index < -0.39 is 0 Å². The first kappa shape index (κ1) is 11.5. The molecule has 0 bridgehead atoms. The summed E-state index contributed by atoms with van der Waals surface area (Å²) in [7, 11) is 0. The number of H-pyrrole nitrogens is 1. The minimum atomic E-state index is -0.0995. The second kappa shape index (κ2) is 4.28. The van der Waals surface area contributed by atoms with Crippen LogP contribution in [0.15, 0.2) is 0 Å². The number of nitrogens with one attached hydrogen (secondary N) is 2. The van der Waals surface area contributed by atoms with E-state index in [9.17, 15) is 4.79 Å². The fraction of sp³-hybridized carbons (Fsp3) is 0.667. The molecule has 1 aromatic heterocycles. The Labute approximate surface area is 106 Å². The van der Waals surface area contributed by atoms with Crippen molar-refractivity contribution in [3.63, 3.8) is 0 Å². The van der Waals surface area contributed by atoms with Gasteiger partial charge in [0.2, 0.25) is 0 Å². The molecule has 2 aliphatic heterocycles. The summed E-state index contributed by atoms with van der Waals surface area (Å²) < 4.78 is 0. The van der Waals surface area contributed by atoms with Gasteiger partial charge in [0, 0.05) is 24.3 Å². The molecule has 2 fully saturated rings. The summed E-state index contributed by atoms with van der Waals surface area (Å²) in [5.74, 6) is 0.184. The van der Waals surface area contributed by atoms with E-state index in [-0.39, 0.29) is 17.8 Å². The number of fused-ring (bicyclic) bond motifs is 1. The van der Waals surface area contributed by atoms with E-state index in [0.29, 0.717) is 11.6 Å². The molecular formula is C12H19N5O. The molecule has 18 heavy (non-hydrogen) atoms. The van der Waals surface area contributed by atoms with E-state index in [0.717, 1.165) is 18.7 Å². The number of hydrogen-bond donors (Lipinski definition) is 3. The normalized spacial score (nSPS) is 27.4. The molecule has 6 nitrogen and oxygen atoms in total. The van der Waals surface area contributed by atoms with E-state index in [4.69, 9.17) is 5.73 Å². The molecule has 2 unspecified atom stereocenters. The number of nitrogens with two attached hydrogens (primary N) is 1. The molecule has 4 N–H and O–H groups in total. The molecule has 6 heteroatoms. The highest BCUT2D eigenvalue weighted by atomic mass is 16.1. The lowest BCUT2D eigenvalue weighted by Gasteiger charge is -2.21. The van der Waals surface area contributed by atoms with Crippen LogP contribution in [0.3, 0.4) is 0 Å². The van der Waals surface area contributed by atoms with Gasteiger partial charge in [-0.25, -0.2) is 0 Å². The molecule has 0 radical (unpaired) electrons. The summed E-state index contributed by atoms with van der Waals surface area (Å²) in [5.41, 5.74) is 6.93. The SMILES string of the molecule is Cc1[nH]nc(N)c1C(=O)NC1CCN2CCCC12. The number of carbonyl (C=O) groups is 1. The Balaban J connectivity index is 1.72. The molecule has 3 heterocycles. The number of aromatic nitrogens is 2. The topological polar surface area (TPSA) is 87.0 Å². The van der Waals surface area contributed by atoms with Gasteiger partial charge in [-0.15, -0.1) is 0 Å². The lowest BCUT2D eigenvalue weighted by molar-refractivity contribution is 0.0930. The predicted molar refractivity (Wildman–Crippen MR) is 68.2 cm³/mol. The highest BCUT2D eigenvalue weighted by Gasteiger charge is 2.38.